The molecule has 0 aliphatic carbocycles. The normalized spacial score (nSPS) is 16.8. The highest BCUT2D eigenvalue weighted by Crippen LogP contribution is 2.31. The number of hydrogen-bond acceptors (Lipinski definition) is 4. The van der Waals surface area contributed by atoms with Gasteiger partial charge in [-0.2, -0.15) is 0 Å². The molecule has 0 unspecified atom stereocenters. The summed E-state index contributed by atoms with van der Waals surface area (Å²) in [5.41, 5.74) is 3.11. The molecule has 134 valence electrons. The molecule has 1 saturated heterocycles. The van der Waals surface area contributed by atoms with Crippen LogP contribution in [0.5, 0.6) is 5.75 Å². The van der Waals surface area contributed by atoms with E-state index in [1.807, 2.05) is 44.2 Å². The maximum absolute atomic E-state index is 10.5. The van der Waals surface area contributed by atoms with E-state index in [9.17, 15) is 5.11 Å². The van der Waals surface area contributed by atoms with Crippen molar-refractivity contribution in [2.75, 3.05) is 32.8 Å². The Balaban J connectivity index is 1.71. The van der Waals surface area contributed by atoms with Gasteiger partial charge in [0.15, 0.2) is 0 Å². The van der Waals surface area contributed by atoms with Crippen molar-refractivity contribution in [2.24, 2.45) is 0 Å². The lowest BCUT2D eigenvalue weighted by atomic mass is 10.0. The second-order valence-electron chi connectivity index (χ2n) is 6.71. The van der Waals surface area contributed by atoms with Gasteiger partial charge in [0.25, 0.3) is 0 Å². The van der Waals surface area contributed by atoms with Crippen LogP contribution in [0.3, 0.4) is 0 Å². The summed E-state index contributed by atoms with van der Waals surface area (Å²) in [5.74, 6) is 0.888. The lowest BCUT2D eigenvalue weighted by molar-refractivity contribution is 0.0143. The molecule has 2 aromatic carbocycles. The van der Waals surface area contributed by atoms with Gasteiger partial charge in [-0.25, -0.2) is 0 Å². The third-order valence-electron chi connectivity index (χ3n) is 4.39. The molecule has 1 aliphatic rings. The fraction of sp³-hybridized carbons (Fsp3) is 0.429. The van der Waals surface area contributed by atoms with Gasteiger partial charge in [-0.3, -0.25) is 4.90 Å². The van der Waals surface area contributed by atoms with Crippen LogP contribution in [0.4, 0.5) is 0 Å². The summed E-state index contributed by atoms with van der Waals surface area (Å²) >= 11 is 0. The zero-order valence-electron chi connectivity index (χ0n) is 15.0. The third kappa shape index (κ3) is 4.82. The molecule has 25 heavy (non-hydrogen) atoms. The molecule has 0 amide bonds. The summed E-state index contributed by atoms with van der Waals surface area (Å²) in [6, 6.07) is 16.2. The van der Waals surface area contributed by atoms with Crippen LogP contribution in [0.15, 0.2) is 48.5 Å². The summed E-state index contributed by atoms with van der Waals surface area (Å²) < 4.78 is 11.3. The fourth-order valence-electron chi connectivity index (χ4n) is 3.08. The number of para-hydroxylation sites is 1. The van der Waals surface area contributed by atoms with Gasteiger partial charge in [-0.15, -0.1) is 0 Å². The van der Waals surface area contributed by atoms with Gasteiger partial charge in [0, 0.05) is 25.2 Å². The second-order valence-corrected chi connectivity index (χ2v) is 6.71. The zero-order valence-corrected chi connectivity index (χ0v) is 15.0. The van der Waals surface area contributed by atoms with Gasteiger partial charge in [-0.05, 0) is 31.0 Å². The third-order valence-corrected chi connectivity index (χ3v) is 4.39. The van der Waals surface area contributed by atoms with E-state index in [4.69, 9.17) is 9.47 Å². The largest absolute Gasteiger partial charge is 0.490 e. The van der Waals surface area contributed by atoms with Crippen LogP contribution in [-0.4, -0.2) is 49.0 Å². The number of aliphatic hydroxyl groups is 1. The summed E-state index contributed by atoms with van der Waals surface area (Å²) in [5, 5.41) is 10.5. The highest BCUT2D eigenvalue weighted by Gasteiger charge is 2.16. The number of ether oxygens (including phenoxy) is 2. The molecule has 3 rings (SSSR count). The van der Waals surface area contributed by atoms with Gasteiger partial charge in [0.1, 0.15) is 5.75 Å². The molecule has 1 fully saturated rings. The van der Waals surface area contributed by atoms with E-state index >= 15 is 0 Å². The van der Waals surface area contributed by atoms with Crippen LogP contribution in [-0.2, 0) is 4.74 Å². The van der Waals surface area contributed by atoms with Crippen LogP contribution in [0, 0.1) is 0 Å². The molecule has 4 nitrogen and oxygen atoms in total. The van der Waals surface area contributed by atoms with Crippen molar-refractivity contribution in [3.63, 3.8) is 0 Å². The van der Waals surface area contributed by atoms with Gasteiger partial charge >= 0.3 is 0 Å². The minimum atomic E-state index is -0.477. The van der Waals surface area contributed by atoms with Crippen LogP contribution in [0.25, 0.3) is 11.1 Å². The summed E-state index contributed by atoms with van der Waals surface area (Å²) in [7, 11) is 0. The van der Waals surface area contributed by atoms with E-state index in [0.29, 0.717) is 6.54 Å². The number of β-amino-alcohol motifs (C(OH)–C–C–N with tert-alkyl or cyclic N) is 1. The smallest absolute Gasteiger partial charge is 0.127 e. The summed E-state index contributed by atoms with van der Waals surface area (Å²) in [6.45, 7) is 7.97. The standard InChI is InChI=1S/C21H27NO3/c1-16(2)25-21-6-4-3-5-19(21)17-7-9-18(10-8-17)20(23)15-22-11-13-24-14-12-22/h3-10,16,20,23H,11-15H2,1-2H3/t20-/m0/s1. The molecule has 1 atom stereocenters. The average molecular weight is 341 g/mol. The maximum atomic E-state index is 10.5. The Kier molecular flexibility index (Phi) is 6.08. The Morgan fingerprint density at radius 3 is 2.40 bits per heavy atom. The van der Waals surface area contributed by atoms with Crippen molar-refractivity contribution in [2.45, 2.75) is 26.1 Å². The van der Waals surface area contributed by atoms with E-state index in [2.05, 4.69) is 23.1 Å². The average Bonchev–Trinajstić information content (AvgIpc) is 2.63. The summed E-state index contributed by atoms with van der Waals surface area (Å²) in [6.07, 6.45) is -0.343. The first-order valence-corrected chi connectivity index (χ1v) is 8.97. The Morgan fingerprint density at radius 2 is 1.72 bits per heavy atom. The second kappa shape index (κ2) is 8.48. The van der Waals surface area contributed by atoms with Gasteiger partial charge in [-0.1, -0.05) is 42.5 Å². The molecular weight excluding hydrogens is 314 g/mol. The number of aliphatic hydroxyl groups excluding tert-OH is 1. The Bertz CT molecular complexity index is 663. The van der Waals surface area contributed by atoms with Crippen molar-refractivity contribution in [3.05, 3.63) is 54.1 Å². The Labute approximate surface area is 150 Å². The molecule has 4 heteroatoms. The van der Waals surface area contributed by atoms with Crippen molar-refractivity contribution >= 4 is 0 Å². The number of morpholine rings is 1. The monoisotopic (exact) mass is 341 g/mol. The maximum Gasteiger partial charge on any atom is 0.127 e. The fourth-order valence-corrected chi connectivity index (χ4v) is 3.08. The lowest BCUT2D eigenvalue weighted by Crippen LogP contribution is -2.38. The number of nitrogens with zero attached hydrogens (tertiary/aromatic N) is 1. The van der Waals surface area contributed by atoms with Crippen LogP contribution < -0.4 is 4.74 Å². The van der Waals surface area contributed by atoms with Crippen molar-refractivity contribution < 1.29 is 14.6 Å². The first-order chi connectivity index (χ1) is 12.1. The van der Waals surface area contributed by atoms with Crippen LogP contribution in [0.1, 0.15) is 25.5 Å². The molecule has 1 N–H and O–H groups in total. The SMILES string of the molecule is CC(C)Oc1ccccc1-c1ccc([C@@H](O)CN2CCOCC2)cc1. The van der Waals surface area contributed by atoms with E-state index in [1.54, 1.807) is 0 Å². The van der Waals surface area contributed by atoms with E-state index < -0.39 is 6.10 Å². The quantitative estimate of drug-likeness (QED) is 0.873. The minimum absolute atomic E-state index is 0.135. The van der Waals surface area contributed by atoms with E-state index in [1.165, 1.54) is 0 Å². The molecule has 0 radical (unpaired) electrons. The number of benzene rings is 2. The minimum Gasteiger partial charge on any atom is -0.490 e. The van der Waals surface area contributed by atoms with Crippen molar-refractivity contribution in [1.82, 2.24) is 4.90 Å². The van der Waals surface area contributed by atoms with Gasteiger partial charge < -0.3 is 14.6 Å². The Hall–Kier alpha value is -1.88. The molecule has 1 aliphatic heterocycles. The number of hydrogen-bond donors (Lipinski definition) is 1. The predicted molar refractivity (Wildman–Crippen MR) is 99.9 cm³/mol. The molecule has 2 aromatic rings. The number of rotatable bonds is 6. The van der Waals surface area contributed by atoms with Gasteiger partial charge in [0.2, 0.25) is 0 Å². The molecule has 0 aromatic heterocycles. The first-order valence-electron chi connectivity index (χ1n) is 8.97. The molecule has 0 bridgehead atoms. The molecule has 0 saturated carbocycles. The highest BCUT2D eigenvalue weighted by atomic mass is 16.5. The highest BCUT2D eigenvalue weighted by molar-refractivity contribution is 5.70. The summed E-state index contributed by atoms with van der Waals surface area (Å²) in [4.78, 5) is 2.24. The molecule has 0 spiro atoms. The molecule has 1 heterocycles. The van der Waals surface area contributed by atoms with E-state index in [-0.39, 0.29) is 6.10 Å². The van der Waals surface area contributed by atoms with Crippen LogP contribution >= 0.6 is 0 Å². The van der Waals surface area contributed by atoms with Crippen molar-refractivity contribution in [3.8, 4) is 16.9 Å². The lowest BCUT2D eigenvalue weighted by Gasteiger charge is -2.28. The first kappa shape index (κ1) is 17.9. The van der Waals surface area contributed by atoms with E-state index in [0.717, 1.165) is 48.7 Å². The topological polar surface area (TPSA) is 41.9 Å². The van der Waals surface area contributed by atoms with Crippen molar-refractivity contribution in [1.29, 1.82) is 0 Å². The molecular formula is C21H27NO3. The van der Waals surface area contributed by atoms with Crippen LogP contribution in [0.2, 0.25) is 0 Å². The zero-order chi connectivity index (χ0) is 17.6. The van der Waals surface area contributed by atoms with Gasteiger partial charge in [0.05, 0.1) is 25.4 Å². The Morgan fingerprint density at radius 1 is 1.04 bits per heavy atom. The predicted octanol–water partition coefficient (Wildman–Crippen LogP) is 3.51.